The van der Waals surface area contributed by atoms with E-state index in [1.54, 1.807) is 19.2 Å². The summed E-state index contributed by atoms with van der Waals surface area (Å²) in [6.07, 6.45) is -0.481. The van der Waals surface area contributed by atoms with E-state index in [-0.39, 0.29) is 23.3 Å². The van der Waals surface area contributed by atoms with E-state index in [9.17, 15) is 32.3 Å². The number of anilines is 4. The topological polar surface area (TPSA) is 203 Å². The summed E-state index contributed by atoms with van der Waals surface area (Å²) in [6, 6.07) is 10.8. The third-order valence-corrected chi connectivity index (χ3v) is 7.66. The first-order chi connectivity index (χ1) is 24.2. The van der Waals surface area contributed by atoms with E-state index in [0.717, 1.165) is 12.7 Å². The second-order valence-corrected chi connectivity index (χ2v) is 11.6. The molecule has 5 rings (SSSR count). The lowest BCUT2D eigenvalue weighted by Crippen LogP contribution is -2.50. The van der Waals surface area contributed by atoms with Crippen LogP contribution in [0.5, 0.6) is 6.01 Å². The van der Waals surface area contributed by atoms with Crippen molar-refractivity contribution in [2.45, 2.75) is 30.6 Å². The smallest absolute Gasteiger partial charge is 0.422 e. The molecule has 0 unspecified atom stereocenters. The minimum atomic E-state index is -4.64. The van der Waals surface area contributed by atoms with Gasteiger partial charge in [0.2, 0.25) is 11.9 Å². The highest BCUT2D eigenvalue weighted by molar-refractivity contribution is 6.39. The number of methoxy groups -OCH3 is 1. The third kappa shape index (κ3) is 9.81. The van der Waals surface area contributed by atoms with Crippen molar-refractivity contribution in [2.75, 3.05) is 36.2 Å². The average molecular weight is 731 g/mol. The Morgan fingerprint density at radius 3 is 2.27 bits per heavy atom. The predicted octanol–water partition coefficient (Wildman–Crippen LogP) is 3.07. The van der Waals surface area contributed by atoms with Crippen LogP contribution in [0, 0.1) is 0 Å². The van der Waals surface area contributed by atoms with Gasteiger partial charge in [0.1, 0.15) is 11.9 Å². The summed E-state index contributed by atoms with van der Waals surface area (Å²) in [4.78, 5) is 66.0. The molecule has 0 spiro atoms. The molecule has 0 bridgehead atoms. The molecule has 16 nitrogen and oxygen atoms in total. The molecular weight excluding hydrogens is 701 g/mol. The van der Waals surface area contributed by atoms with Crippen molar-refractivity contribution in [3.05, 3.63) is 77.2 Å². The quantitative estimate of drug-likeness (QED) is 0.0995. The van der Waals surface area contributed by atoms with Crippen LogP contribution in [0.3, 0.4) is 0 Å². The van der Waals surface area contributed by atoms with E-state index in [1.807, 2.05) is 12.1 Å². The van der Waals surface area contributed by atoms with Crippen LogP contribution < -0.4 is 31.3 Å². The van der Waals surface area contributed by atoms with Crippen molar-refractivity contribution in [3.63, 3.8) is 0 Å². The number of hydrogen-bond donors (Lipinski definition) is 5. The van der Waals surface area contributed by atoms with E-state index >= 15 is 0 Å². The molecule has 20 heteroatoms. The van der Waals surface area contributed by atoms with Gasteiger partial charge in [0.05, 0.1) is 25.2 Å². The van der Waals surface area contributed by atoms with Crippen LogP contribution in [0.15, 0.2) is 61.1 Å². The molecule has 1 aliphatic carbocycles. The lowest BCUT2D eigenvalue weighted by molar-refractivity contribution is -0.154. The summed E-state index contributed by atoms with van der Waals surface area (Å²) < 4.78 is 49.8. The highest BCUT2D eigenvalue weighted by Gasteiger charge is 2.45. The second kappa shape index (κ2) is 15.3. The number of esters is 1. The van der Waals surface area contributed by atoms with Crippen molar-refractivity contribution in [1.82, 2.24) is 35.1 Å². The number of halogens is 4. The molecule has 4 aromatic rings. The average Bonchev–Trinajstić information content (AvgIpc) is 3.77. The molecule has 1 atom stereocenters. The number of nitrogens with one attached hydrogen (secondary N) is 5. The largest absolute Gasteiger partial charge is 0.467 e. The molecule has 268 valence electrons. The van der Waals surface area contributed by atoms with Crippen LogP contribution in [0.4, 0.5) is 36.6 Å². The standard InChI is InChI=1S/C31H30ClF3N10O6/c1-45-16-36-14-22(45)40-25(48)24(47)37-13-21(26(49)50-2)39-23(46)17-3-9-20(10-4-17)38-27-41-28(43-29(42-27)51-15-31(33,34)35)44-30(11-12-30)18-5-7-19(32)8-6-18/h3-10,14,16,21H,11-13,15H2,1-2H3,(H,37,47)(H,39,46)(H,40,48)(H2,38,41,42,43,44)/t21-/m0/s1. The fourth-order valence-electron chi connectivity index (χ4n) is 4.61. The maximum Gasteiger partial charge on any atom is 0.422 e. The van der Waals surface area contributed by atoms with Crippen LogP contribution in [-0.4, -0.2) is 80.7 Å². The van der Waals surface area contributed by atoms with Crippen molar-refractivity contribution in [3.8, 4) is 6.01 Å². The van der Waals surface area contributed by atoms with Crippen molar-refractivity contribution >= 4 is 58.7 Å². The number of imidazole rings is 1. The van der Waals surface area contributed by atoms with Crippen LogP contribution in [0.1, 0.15) is 28.8 Å². The van der Waals surface area contributed by atoms with E-state index < -0.39 is 60.6 Å². The molecule has 0 radical (unpaired) electrons. The number of amides is 3. The molecule has 0 saturated heterocycles. The van der Waals surface area contributed by atoms with Crippen molar-refractivity contribution in [2.24, 2.45) is 7.05 Å². The minimum Gasteiger partial charge on any atom is -0.467 e. The van der Waals surface area contributed by atoms with Gasteiger partial charge in [-0.3, -0.25) is 14.4 Å². The molecular formula is C31H30ClF3N10O6. The maximum atomic E-state index is 13.0. The SMILES string of the molecule is COC(=O)[C@H](CNC(=O)C(=O)Nc1cncn1C)NC(=O)c1ccc(Nc2nc(NC3(c4ccc(Cl)cc4)CC3)nc(OCC(F)(F)F)n2)cc1. The number of alkyl halides is 3. The number of benzene rings is 2. The van der Waals surface area contributed by atoms with E-state index in [0.29, 0.717) is 23.6 Å². The molecule has 2 aromatic carbocycles. The van der Waals surface area contributed by atoms with Gasteiger partial charge in [-0.15, -0.1) is 0 Å². The van der Waals surface area contributed by atoms with Gasteiger partial charge < -0.3 is 40.6 Å². The fraction of sp³-hybridized carbons (Fsp3) is 0.290. The molecule has 0 aliphatic heterocycles. The third-order valence-electron chi connectivity index (χ3n) is 7.40. The van der Waals surface area contributed by atoms with Crippen LogP contribution in [0.2, 0.25) is 5.02 Å². The zero-order valence-corrected chi connectivity index (χ0v) is 27.6. The lowest BCUT2D eigenvalue weighted by Gasteiger charge is -2.19. The number of rotatable bonds is 13. The van der Waals surface area contributed by atoms with E-state index in [1.165, 1.54) is 41.4 Å². The number of ether oxygens (including phenoxy) is 2. The van der Waals surface area contributed by atoms with Crippen LogP contribution in [-0.2, 0) is 31.7 Å². The number of carbonyl (C=O) groups excluding carboxylic acids is 4. The van der Waals surface area contributed by atoms with Gasteiger partial charge in [0.15, 0.2) is 6.61 Å². The second-order valence-electron chi connectivity index (χ2n) is 11.2. The number of aryl methyl sites for hydroxylation is 1. The first kappa shape index (κ1) is 36.3. The Bertz CT molecular complexity index is 1900. The zero-order chi connectivity index (χ0) is 36.8. The van der Waals surface area contributed by atoms with Gasteiger partial charge in [0.25, 0.3) is 5.91 Å². The van der Waals surface area contributed by atoms with Crippen molar-refractivity contribution in [1.29, 1.82) is 0 Å². The fourth-order valence-corrected chi connectivity index (χ4v) is 4.74. The van der Waals surface area contributed by atoms with Crippen molar-refractivity contribution < 1.29 is 41.8 Å². The first-order valence-corrected chi connectivity index (χ1v) is 15.4. The highest BCUT2D eigenvalue weighted by atomic mass is 35.5. The molecule has 1 aliphatic rings. The number of nitrogens with zero attached hydrogens (tertiary/aromatic N) is 5. The Labute approximate surface area is 292 Å². The number of aromatic nitrogens is 5. The normalized spacial score (nSPS) is 13.7. The number of carbonyl (C=O) groups is 4. The van der Waals surface area contributed by atoms with Crippen LogP contribution in [0.25, 0.3) is 0 Å². The number of hydrogen-bond acceptors (Lipinski definition) is 12. The summed E-state index contributed by atoms with van der Waals surface area (Å²) in [7, 11) is 2.69. The van der Waals surface area contributed by atoms with Gasteiger partial charge in [-0.05, 0) is 54.8 Å². The minimum absolute atomic E-state index is 0.0384. The molecule has 3 amide bonds. The summed E-state index contributed by atoms with van der Waals surface area (Å²) in [5.74, 6) is -3.64. The first-order valence-electron chi connectivity index (χ1n) is 15.0. The lowest BCUT2D eigenvalue weighted by atomic mass is 10.1. The Balaban J connectivity index is 1.24. The molecule has 2 aromatic heterocycles. The Morgan fingerprint density at radius 2 is 1.67 bits per heavy atom. The predicted molar refractivity (Wildman–Crippen MR) is 175 cm³/mol. The van der Waals surface area contributed by atoms with Gasteiger partial charge in [-0.1, -0.05) is 23.7 Å². The van der Waals surface area contributed by atoms with E-state index in [4.69, 9.17) is 21.1 Å². The molecule has 1 saturated carbocycles. The molecule has 1 fully saturated rings. The molecule has 51 heavy (non-hydrogen) atoms. The Morgan fingerprint density at radius 1 is 0.980 bits per heavy atom. The Kier molecular flexibility index (Phi) is 10.9. The van der Waals surface area contributed by atoms with Gasteiger partial charge in [-0.25, -0.2) is 9.78 Å². The summed E-state index contributed by atoms with van der Waals surface area (Å²) in [5, 5.41) is 13.6. The Hall–Kier alpha value is -5.98. The monoisotopic (exact) mass is 730 g/mol. The summed E-state index contributed by atoms with van der Waals surface area (Å²) >= 11 is 6.02. The van der Waals surface area contributed by atoms with Crippen LogP contribution >= 0.6 is 11.6 Å². The molecule has 5 N–H and O–H groups in total. The maximum absolute atomic E-state index is 13.0. The summed E-state index contributed by atoms with van der Waals surface area (Å²) in [5.41, 5.74) is 0.744. The summed E-state index contributed by atoms with van der Waals surface area (Å²) in [6.45, 7) is -2.10. The van der Waals surface area contributed by atoms with Gasteiger partial charge in [-0.2, -0.15) is 28.1 Å². The molecule has 2 heterocycles. The highest BCUT2D eigenvalue weighted by Crippen LogP contribution is 2.48. The zero-order valence-electron chi connectivity index (χ0n) is 26.9. The van der Waals surface area contributed by atoms with Gasteiger partial charge >= 0.3 is 30.0 Å². The van der Waals surface area contributed by atoms with E-state index in [2.05, 4.69) is 46.5 Å². The van der Waals surface area contributed by atoms with Gasteiger partial charge in [0, 0.05) is 29.9 Å².